The van der Waals surface area contributed by atoms with Crippen molar-refractivity contribution in [3.05, 3.63) is 52.7 Å². The molecule has 1 aromatic carbocycles. The van der Waals surface area contributed by atoms with E-state index in [1.54, 1.807) is 6.07 Å². The summed E-state index contributed by atoms with van der Waals surface area (Å²) in [6.07, 6.45) is 2.17. The first-order valence-electron chi connectivity index (χ1n) is 7.66. The summed E-state index contributed by atoms with van der Waals surface area (Å²) in [5.74, 6) is 0.630. The number of nitro groups is 1. The number of anilines is 2. The first-order chi connectivity index (χ1) is 11.7. The molecule has 1 saturated heterocycles. The van der Waals surface area contributed by atoms with Gasteiger partial charge >= 0.3 is 0 Å². The lowest BCUT2D eigenvalue weighted by Gasteiger charge is -2.15. The molecule has 8 nitrogen and oxygen atoms in total. The van der Waals surface area contributed by atoms with Crippen molar-refractivity contribution in [2.24, 2.45) is 0 Å². The van der Waals surface area contributed by atoms with E-state index in [1.807, 2.05) is 24.3 Å². The molecule has 0 unspecified atom stereocenters. The maximum atomic E-state index is 10.7. The Kier molecular flexibility index (Phi) is 3.49. The molecule has 1 N–H and O–H groups in total. The maximum Gasteiger partial charge on any atom is 0.298 e. The first-order valence-corrected chi connectivity index (χ1v) is 7.66. The highest BCUT2D eigenvalue weighted by atomic mass is 16.6. The lowest BCUT2D eigenvalue weighted by atomic mass is 10.2. The Balaban J connectivity index is 1.43. The molecule has 4 rings (SSSR count). The van der Waals surface area contributed by atoms with Crippen molar-refractivity contribution < 1.29 is 9.34 Å². The molecule has 3 heterocycles. The van der Waals surface area contributed by atoms with Crippen LogP contribution in [0.25, 0.3) is 11.1 Å². The first kappa shape index (κ1) is 14.4. The minimum atomic E-state index is -0.457. The average Bonchev–Trinajstić information content (AvgIpc) is 3.21. The van der Waals surface area contributed by atoms with E-state index < -0.39 is 4.92 Å². The topological polar surface area (TPSA) is 97.3 Å². The van der Waals surface area contributed by atoms with Gasteiger partial charge in [0.1, 0.15) is 17.5 Å². The summed E-state index contributed by atoms with van der Waals surface area (Å²) in [4.78, 5) is 20.9. The molecule has 1 aliphatic heterocycles. The van der Waals surface area contributed by atoms with Crippen LogP contribution in [0.5, 0.6) is 0 Å². The molecule has 0 spiro atoms. The molecular weight excluding hydrogens is 310 g/mol. The van der Waals surface area contributed by atoms with Gasteiger partial charge in [-0.1, -0.05) is 12.1 Å². The van der Waals surface area contributed by atoms with Crippen LogP contribution in [0.4, 0.5) is 17.5 Å². The summed E-state index contributed by atoms with van der Waals surface area (Å²) in [7, 11) is 0. The second-order valence-electron chi connectivity index (χ2n) is 5.70. The monoisotopic (exact) mass is 325 g/mol. The van der Waals surface area contributed by atoms with Crippen molar-refractivity contribution in [1.82, 2.24) is 9.97 Å². The molecule has 8 heteroatoms. The summed E-state index contributed by atoms with van der Waals surface area (Å²) in [5, 5.41) is 13.9. The number of pyridine rings is 1. The van der Waals surface area contributed by atoms with Crippen LogP contribution in [-0.4, -0.2) is 34.0 Å². The number of hydrogen-bond donors (Lipinski definition) is 1. The zero-order valence-corrected chi connectivity index (χ0v) is 12.8. The number of hydrogen-bond acceptors (Lipinski definition) is 7. The van der Waals surface area contributed by atoms with Crippen LogP contribution in [0, 0.1) is 10.1 Å². The van der Waals surface area contributed by atoms with E-state index in [2.05, 4.69) is 20.2 Å². The average molecular weight is 325 g/mol. The van der Waals surface area contributed by atoms with Crippen LogP contribution in [0.1, 0.15) is 6.42 Å². The van der Waals surface area contributed by atoms with E-state index >= 15 is 0 Å². The Morgan fingerprint density at radius 3 is 2.92 bits per heavy atom. The highest BCUT2D eigenvalue weighted by molar-refractivity contribution is 5.74. The quantitative estimate of drug-likeness (QED) is 0.582. The van der Waals surface area contributed by atoms with E-state index in [-0.39, 0.29) is 11.7 Å². The van der Waals surface area contributed by atoms with Crippen molar-refractivity contribution >= 4 is 28.6 Å². The zero-order chi connectivity index (χ0) is 16.5. The van der Waals surface area contributed by atoms with Gasteiger partial charge < -0.3 is 14.6 Å². The molecule has 0 aliphatic carbocycles. The van der Waals surface area contributed by atoms with Gasteiger partial charge in [0, 0.05) is 25.2 Å². The Bertz CT molecular complexity index is 844. The van der Waals surface area contributed by atoms with Crippen molar-refractivity contribution in [3.63, 3.8) is 0 Å². The van der Waals surface area contributed by atoms with E-state index in [9.17, 15) is 10.1 Å². The van der Waals surface area contributed by atoms with E-state index in [0.29, 0.717) is 11.8 Å². The molecule has 24 heavy (non-hydrogen) atoms. The number of nitrogens with zero attached hydrogens (tertiary/aromatic N) is 4. The fraction of sp³-hybridized carbons (Fsp3) is 0.250. The van der Waals surface area contributed by atoms with Crippen LogP contribution >= 0.6 is 0 Å². The molecular formula is C16H15N5O3. The van der Waals surface area contributed by atoms with Gasteiger partial charge in [0.05, 0.1) is 4.92 Å². The van der Waals surface area contributed by atoms with E-state index in [4.69, 9.17) is 4.42 Å². The zero-order valence-electron chi connectivity index (χ0n) is 12.8. The van der Waals surface area contributed by atoms with Crippen LogP contribution in [0.2, 0.25) is 0 Å². The fourth-order valence-electron chi connectivity index (χ4n) is 2.84. The predicted octanol–water partition coefficient (Wildman–Crippen LogP) is 2.82. The van der Waals surface area contributed by atoms with Gasteiger partial charge in [-0.25, -0.2) is 4.98 Å². The third-order valence-corrected chi connectivity index (χ3v) is 4.05. The van der Waals surface area contributed by atoms with Crippen molar-refractivity contribution in [1.29, 1.82) is 0 Å². The number of rotatable bonds is 4. The maximum absolute atomic E-state index is 10.7. The summed E-state index contributed by atoms with van der Waals surface area (Å²) < 4.78 is 5.79. The van der Waals surface area contributed by atoms with Crippen LogP contribution in [0.15, 0.2) is 47.0 Å². The molecule has 0 saturated carbocycles. The summed E-state index contributed by atoms with van der Waals surface area (Å²) in [6, 6.07) is 11.6. The molecule has 122 valence electrons. The highest BCUT2D eigenvalue weighted by Crippen LogP contribution is 2.25. The van der Waals surface area contributed by atoms with Gasteiger partial charge in [-0.05, 0) is 24.6 Å². The second kappa shape index (κ2) is 5.80. The molecule has 0 bridgehead atoms. The van der Waals surface area contributed by atoms with E-state index in [1.165, 1.54) is 12.3 Å². The standard InChI is InChI=1S/C16H15N5O3/c22-21(23)12-5-6-15(17-9-12)18-11-7-8-20(10-11)16-19-13-3-1-2-4-14(13)24-16/h1-6,9,11H,7-8,10H2,(H,17,18)/t11-/m1/s1. The Morgan fingerprint density at radius 1 is 1.29 bits per heavy atom. The van der Waals surface area contributed by atoms with Crippen molar-refractivity contribution in [2.45, 2.75) is 12.5 Å². The van der Waals surface area contributed by atoms with Crippen molar-refractivity contribution in [2.75, 3.05) is 23.3 Å². The molecule has 2 aromatic heterocycles. The van der Waals surface area contributed by atoms with Gasteiger partial charge in [-0.15, -0.1) is 0 Å². The summed E-state index contributed by atoms with van der Waals surface area (Å²) in [6.45, 7) is 1.57. The summed E-state index contributed by atoms with van der Waals surface area (Å²) >= 11 is 0. The van der Waals surface area contributed by atoms with Crippen LogP contribution in [0.3, 0.4) is 0 Å². The van der Waals surface area contributed by atoms with Crippen molar-refractivity contribution in [3.8, 4) is 0 Å². The third kappa shape index (κ3) is 2.73. The molecule has 1 aliphatic rings. The van der Waals surface area contributed by atoms with Gasteiger partial charge in [0.2, 0.25) is 0 Å². The molecule has 1 fully saturated rings. The highest BCUT2D eigenvalue weighted by Gasteiger charge is 2.26. The van der Waals surface area contributed by atoms with Gasteiger partial charge in [0.25, 0.3) is 11.7 Å². The third-order valence-electron chi connectivity index (χ3n) is 4.05. The molecule has 3 aromatic rings. The lowest BCUT2D eigenvalue weighted by Crippen LogP contribution is -2.26. The number of aromatic nitrogens is 2. The number of benzene rings is 1. The Labute approximate surface area is 137 Å². The predicted molar refractivity (Wildman–Crippen MR) is 89.1 cm³/mol. The van der Waals surface area contributed by atoms with Gasteiger partial charge in [-0.3, -0.25) is 10.1 Å². The minimum absolute atomic E-state index is 0.0138. The SMILES string of the molecule is O=[N+]([O-])c1ccc(N[C@@H]2CCN(c3nc4ccccc4o3)C2)nc1. The largest absolute Gasteiger partial charge is 0.423 e. The lowest BCUT2D eigenvalue weighted by molar-refractivity contribution is -0.385. The minimum Gasteiger partial charge on any atom is -0.423 e. The van der Waals surface area contributed by atoms with Gasteiger partial charge in [0.15, 0.2) is 5.58 Å². The summed E-state index contributed by atoms with van der Waals surface area (Å²) in [5.41, 5.74) is 1.61. The van der Waals surface area contributed by atoms with Crippen LogP contribution < -0.4 is 10.2 Å². The fourth-order valence-corrected chi connectivity index (χ4v) is 2.84. The molecule has 0 radical (unpaired) electrons. The van der Waals surface area contributed by atoms with E-state index in [0.717, 1.165) is 30.6 Å². The normalized spacial score (nSPS) is 17.3. The second-order valence-corrected chi connectivity index (χ2v) is 5.70. The van der Waals surface area contributed by atoms with Crippen LogP contribution in [-0.2, 0) is 0 Å². The molecule has 1 atom stereocenters. The number of nitrogens with one attached hydrogen (secondary N) is 1. The number of fused-ring (bicyclic) bond motifs is 1. The Hall–Kier alpha value is -3.16. The Morgan fingerprint density at radius 2 is 2.17 bits per heavy atom. The number of para-hydroxylation sites is 2. The smallest absolute Gasteiger partial charge is 0.298 e. The number of oxazole rings is 1. The molecule has 0 amide bonds. The van der Waals surface area contributed by atoms with Gasteiger partial charge in [-0.2, -0.15) is 4.98 Å².